The van der Waals surface area contributed by atoms with Gasteiger partial charge in [-0.15, -0.1) is 0 Å². The van der Waals surface area contributed by atoms with Gasteiger partial charge in [-0.1, -0.05) is 12.6 Å². The van der Waals surface area contributed by atoms with Crippen LogP contribution in [0.1, 0.15) is 26.3 Å². The van der Waals surface area contributed by atoms with Gasteiger partial charge in [-0.3, -0.25) is 4.79 Å². The van der Waals surface area contributed by atoms with Crippen LogP contribution in [0.4, 0.5) is 0 Å². The van der Waals surface area contributed by atoms with Crippen LogP contribution in [0.5, 0.6) is 0 Å². The van der Waals surface area contributed by atoms with E-state index in [0.29, 0.717) is 16.8 Å². The minimum absolute atomic E-state index is 0.0655. The first-order valence-electron chi connectivity index (χ1n) is 5.05. The summed E-state index contributed by atoms with van der Waals surface area (Å²) in [6, 6.07) is 4.33. The van der Waals surface area contributed by atoms with Gasteiger partial charge in [0.15, 0.2) is 0 Å². The number of β-amino-alcohol motifs (C(OH)–C–C–N with tert-alkyl or cyclic N) is 1. The van der Waals surface area contributed by atoms with Crippen molar-refractivity contribution in [1.29, 1.82) is 0 Å². The summed E-state index contributed by atoms with van der Waals surface area (Å²) in [5, 5.41) is 17.7. The zero-order chi connectivity index (χ0) is 12.6. The largest absolute Gasteiger partial charge is 0.478 e. The molecule has 0 spiro atoms. The highest BCUT2D eigenvalue weighted by Crippen LogP contribution is 2.31. The number of carboxylic acid groups (broad SMARTS) is 1. The van der Waals surface area contributed by atoms with E-state index < -0.39 is 5.97 Å². The van der Waals surface area contributed by atoms with Crippen LogP contribution >= 0.6 is 0 Å². The summed E-state index contributed by atoms with van der Waals surface area (Å²) in [5.74, 6) is -1.39. The summed E-state index contributed by atoms with van der Waals surface area (Å²) in [6.45, 7) is 3.77. The van der Waals surface area contributed by atoms with Crippen LogP contribution < -0.4 is 0 Å². The Bertz CT molecular complexity index is 521. The van der Waals surface area contributed by atoms with Crippen molar-refractivity contribution in [1.82, 2.24) is 4.90 Å². The molecule has 0 saturated heterocycles. The molecule has 0 atom stereocenters. The molecule has 0 aromatic heterocycles. The lowest BCUT2D eigenvalue weighted by Gasteiger charge is -2.15. The maximum absolute atomic E-state index is 11.9. The number of aromatic carboxylic acids is 1. The third kappa shape index (κ3) is 1.70. The molecule has 17 heavy (non-hydrogen) atoms. The van der Waals surface area contributed by atoms with Gasteiger partial charge < -0.3 is 15.1 Å². The Morgan fingerprint density at radius 3 is 2.65 bits per heavy atom. The fraction of sp³-hybridized carbons (Fsp3) is 0.167. The summed E-state index contributed by atoms with van der Waals surface area (Å²) < 4.78 is 0. The zero-order valence-electron chi connectivity index (χ0n) is 9.01. The topological polar surface area (TPSA) is 77.8 Å². The Labute approximate surface area is 97.6 Å². The van der Waals surface area contributed by atoms with Gasteiger partial charge in [0.1, 0.15) is 0 Å². The number of aliphatic hydroxyl groups excluding tert-OH is 1. The number of hydrogen-bond donors (Lipinski definition) is 2. The molecule has 1 amide bonds. The number of carbonyl (C=O) groups excluding carboxylic acids is 1. The predicted octanol–water partition coefficient (Wildman–Crippen LogP) is 0.804. The molecule has 1 heterocycles. The number of carboxylic acids is 1. The van der Waals surface area contributed by atoms with Gasteiger partial charge in [-0.25, -0.2) is 4.79 Å². The van der Waals surface area contributed by atoms with Gasteiger partial charge in [0.25, 0.3) is 5.91 Å². The number of nitrogens with zero attached hydrogens (tertiary/aromatic N) is 1. The Morgan fingerprint density at radius 1 is 1.35 bits per heavy atom. The van der Waals surface area contributed by atoms with E-state index in [1.165, 1.54) is 17.0 Å². The van der Waals surface area contributed by atoms with Crippen molar-refractivity contribution in [3.63, 3.8) is 0 Å². The fourth-order valence-electron chi connectivity index (χ4n) is 1.86. The highest BCUT2D eigenvalue weighted by Gasteiger charge is 2.31. The van der Waals surface area contributed by atoms with E-state index in [9.17, 15) is 9.59 Å². The average Bonchev–Trinajstić information content (AvgIpc) is 2.54. The maximum Gasteiger partial charge on any atom is 0.335 e. The maximum atomic E-state index is 11.9. The first kappa shape index (κ1) is 11.3. The van der Waals surface area contributed by atoms with E-state index in [-0.39, 0.29) is 24.6 Å². The van der Waals surface area contributed by atoms with Crippen LogP contribution in [0.15, 0.2) is 24.8 Å². The fourth-order valence-corrected chi connectivity index (χ4v) is 1.86. The van der Waals surface area contributed by atoms with Crippen molar-refractivity contribution >= 4 is 17.6 Å². The van der Waals surface area contributed by atoms with E-state index in [4.69, 9.17) is 10.2 Å². The van der Waals surface area contributed by atoms with Crippen molar-refractivity contribution in [2.24, 2.45) is 0 Å². The second-order valence-electron chi connectivity index (χ2n) is 3.69. The van der Waals surface area contributed by atoms with Crippen molar-refractivity contribution in [3.8, 4) is 0 Å². The van der Waals surface area contributed by atoms with Gasteiger partial charge in [-0.05, 0) is 12.1 Å². The SMILES string of the molecule is C=C1c2ccc(C(=O)O)cc2C(=O)N1CCO. The van der Waals surface area contributed by atoms with Crippen LogP contribution in [0.2, 0.25) is 0 Å². The quantitative estimate of drug-likeness (QED) is 0.809. The summed E-state index contributed by atoms with van der Waals surface area (Å²) in [4.78, 5) is 24.1. The Hall–Kier alpha value is -2.14. The van der Waals surface area contributed by atoms with Gasteiger partial charge in [-0.2, -0.15) is 0 Å². The number of hydrogen-bond acceptors (Lipinski definition) is 3. The van der Waals surface area contributed by atoms with Crippen molar-refractivity contribution in [3.05, 3.63) is 41.5 Å². The molecule has 0 saturated carbocycles. The van der Waals surface area contributed by atoms with Gasteiger partial charge in [0, 0.05) is 17.8 Å². The van der Waals surface area contributed by atoms with Crippen LogP contribution in [0.25, 0.3) is 5.70 Å². The Morgan fingerprint density at radius 2 is 2.06 bits per heavy atom. The first-order valence-corrected chi connectivity index (χ1v) is 5.05. The van der Waals surface area contributed by atoms with E-state index in [1.54, 1.807) is 6.07 Å². The minimum Gasteiger partial charge on any atom is -0.478 e. The molecule has 1 aliphatic rings. The molecule has 1 aromatic rings. The normalized spacial score (nSPS) is 14.1. The molecule has 5 heteroatoms. The zero-order valence-corrected chi connectivity index (χ0v) is 9.01. The lowest BCUT2D eigenvalue weighted by atomic mass is 10.1. The lowest BCUT2D eigenvalue weighted by Crippen LogP contribution is -2.26. The summed E-state index contributed by atoms with van der Waals surface area (Å²) in [5.41, 5.74) is 1.50. The molecule has 0 unspecified atom stereocenters. The molecular weight excluding hydrogens is 222 g/mol. The van der Waals surface area contributed by atoms with Gasteiger partial charge in [0.05, 0.1) is 17.7 Å². The summed E-state index contributed by atoms with van der Waals surface area (Å²) >= 11 is 0. The number of rotatable bonds is 3. The molecule has 0 bridgehead atoms. The van der Waals surface area contributed by atoms with Crippen LogP contribution in [0, 0.1) is 0 Å². The average molecular weight is 233 g/mol. The molecule has 5 nitrogen and oxygen atoms in total. The second kappa shape index (κ2) is 4.03. The van der Waals surface area contributed by atoms with E-state index in [2.05, 4.69) is 6.58 Å². The molecule has 1 aromatic carbocycles. The molecule has 0 aliphatic carbocycles. The molecule has 2 rings (SSSR count). The summed E-state index contributed by atoms with van der Waals surface area (Å²) in [7, 11) is 0. The number of amides is 1. The van der Waals surface area contributed by atoms with Crippen molar-refractivity contribution < 1.29 is 19.8 Å². The third-order valence-electron chi connectivity index (χ3n) is 2.70. The number of benzene rings is 1. The minimum atomic E-state index is -1.08. The smallest absolute Gasteiger partial charge is 0.335 e. The van der Waals surface area contributed by atoms with Gasteiger partial charge in [0.2, 0.25) is 0 Å². The second-order valence-corrected chi connectivity index (χ2v) is 3.69. The number of aliphatic hydroxyl groups is 1. The van der Waals surface area contributed by atoms with Gasteiger partial charge >= 0.3 is 5.97 Å². The Balaban J connectivity index is 2.47. The molecular formula is C12H11NO4. The Kier molecular flexibility index (Phi) is 2.69. The number of fused-ring (bicyclic) bond motifs is 1. The van der Waals surface area contributed by atoms with Crippen LogP contribution in [0.3, 0.4) is 0 Å². The van der Waals surface area contributed by atoms with E-state index in [0.717, 1.165) is 0 Å². The molecule has 88 valence electrons. The molecule has 0 fully saturated rings. The molecule has 2 N–H and O–H groups in total. The molecule has 1 aliphatic heterocycles. The lowest BCUT2D eigenvalue weighted by molar-refractivity contribution is 0.0697. The first-order chi connectivity index (χ1) is 8.06. The highest BCUT2D eigenvalue weighted by molar-refractivity contribution is 6.10. The third-order valence-corrected chi connectivity index (χ3v) is 2.70. The van der Waals surface area contributed by atoms with Crippen molar-refractivity contribution in [2.45, 2.75) is 0 Å². The van der Waals surface area contributed by atoms with Crippen molar-refractivity contribution in [2.75, 3.05) is 13.2 Å². The summed E-state index contributed by atoms with van der Waals surface area (Å²) in [6.07, 6.45) is 0. The molecule has 0 radical (unpaired) electrons. The van der Waals surface area contributed by atoms with E-state index in [1.807, 2.05) is 0 Å². The highest BCUT2D eigenvalue weighted by atomic mass is 16.4. The monoisotopic (exact) mass is 233 g/mol. The van der Waals surface area contributed by atoms with Crippen LogP contribution in [-0.4, -0.2) is 40.1 Å². The van der Waals surface area contributed by atoms with Crippen LogP contribution in [-0.2, 0) is 0 Å². The standard InChI is InChI=1S/C12H11NO4/c1-7-9-3-2-8(12(16)17)6-10(9)11(15)13(7)4-5-14/h2-3,6,14H,1,4-5H2,(H,16,17). The predicted molar refractivity (Wildman–Crippen MR) is 60.6 cm³/mol. The number of carbonyl (C=O) groups is 2. The van der Waals surface area contributed by atoms with E-state index >= 15 is 0 Å².